The van der Waals surface area contributed by atoms with E-state index in [-0.39, 0.29) is 12.0 Å². The van der Waals surface area contributed by atoms with Crippen LogP contribution in [0.1, 0.15) is 18.4 Å². The smallest absolute Gasteiger partial charge is 0.118 e. The van der Waals surface area contributed by atoms with Gasteiger partial charge in [0.15, 0.2) is 0 Å². The molecule has 0 amide bonds. The number of aromatic hydroxyl groups is 1. The molecule has 0 unspecified atom stereocenters. The van der Waals surface area contributed by atoms with E-state index in [9.17, 15) is 5.11 Å². The van der Waals surface area contributed by atoms with Crippen LogP contribution < -0.4 is 0 Å². The van der Waals surface area contributed by atoms with E-state index in [4.69, 9.17) is 5.11 Å². The van der Waals surface area contributed by atoms with E-state index in [2.05, 4.69) is 0 Å². The minimum absolute atomic E-state index is 0.0822. The molecule has 0 saturated heterocycles. The molecule has 2 rings (SSSR count). The van der Waals surface area contributed by atoms with E-state index in [0.29, 0.717) is 5.75 Å². The van der Waals surface area contributed by atoms with Crippen LogP contribution in [-0.4, -0.2) is 16.8 Å². The van der Waals surface area contributed by atoms with Crippen molar-refractivity contribution in [1.29, 1.82) is 0 Å². The highest BCUT2D eigenvalue weighted by molar-refractivity contribution is 5.33. The van der Waals surface area contributed by atoms with Gasteiger partial charge < -0.3 is 10.2 Å². The number of benzene rings is 1. The third kappa shape index (κ3) is 1.68. The normalized spacial score (nSPS) is 18.5. The third-order valence-corrected chi connectivity index (χ3v) is 2.85. The second-order valence-corrected chi connectivity index (χ2v) is 3.96. The number of hydrogen-bond donors (Lipinski definition) is 2. The SMILES string of the molecule is OCC1(Cc2ccccc2O)CC1. The minimum atomic E-state index is 0.0822. The number of phenols is 1. The maximum Gasteiger partial charge on any atom is 0.118 e. The highest BCUT2D eigenvalue weighted by Crippen LogP contribution is 2.48. The molecule has 0 atom stereocenters. The van der Waals surface area contributed by atoms with Crippen LogP contribution in [0, 0.1) is 5.41 Å². The van der Waals surface area contributed by atoms with Crippen molar-refractivity contribution in [2.75, 3.05) is 6.61 Å². The van der Waals surface area contributed by atoms with Gasteiger partial charge in [0, 0.05) is 6.61 Å². The van der Waals surface area contributed by atoms with Gasteiger partial charge in [-0.1, -0.05) is 18.2 Å². The van der Waals surface area contributed by atoms with Crippen LogP contribution in [0.2, 0.25) is 0 Å². The number of hydrogen-bond acceptors (Lipinski definition) is 2. The van der Waals surface area contributed by atoms with Crippen molar-refractivity contribution in [3.63, 3.8) is 0 Å². The Labute approximate surface area is 77.8 Å². The molecular weight excluding hydrogens is 164 g/mol. The second kappa shape index (κ2) is 3.04. The Morgan fingerprint density at radius 3 is 2.46 bits per heavy atom. The molecule has 1 aromatic rings. The number of phenolic OH excluding ortho intramolecular Hbond substituents is 1. The molecule has 0 heterocycles. The lowest BCUT2D eigenvalue weighted by Gasteiger charge is -2.12. The molecule has 70 valence electrons. The fourth-order valence-electron chi connectivity index (χ4n) is 1.63. The zero-order valence-corrected chi connectivity index (χ0v) is 7.53. The summed E-state index contributed by atoms with van der Waals surface area (Å²) in [5, 5.41) is 18.6. The highest BCUT2D eigenvalue weighted by atomic mass is 16.3. The molecule has 2 heteroatoms. The molecule has 0 bridgehead atoms. The van der Waals surface area contributed by atoms with Gasteiger partial charge >= 0.3 is 0 Å². The van der Waals surface area contributed by atoms with Crippen molar-refractivity contribution in [2.45, 2.75) is 19.3 Å². The molecule has 1 aromatic carbocycles. The van der Waals surface area contributed by atoms with Gasteiger partial charge in [-0.05, 0) is 36.3 Å². The standard InChI is InChI=1S/C11H14O2/c12-8-11(5-6-11)7-9-3-1-2-4-10(9)13/h1-4,12-13H,5-8H2. The van der Waals surface area contributed by atoms with Gasteiger partial charge in [-0.15, -0.1) is 0 Å². The van der Waals surface area contributed by atoms with E-state index < -0.39 is 0 Å². The maximum absolute atomic E-state index is 9.52. The summed E-state index contributed by atoms with van der Waals surface area (Å²) < 4.78 is 0. The average Bonchev–Trinajstić information content (AvgIpc) is 2.90. The summed E-state index contributed by atoms with van der Waals surface area (Å²) in [5.41, 5.74) is 1.03. The van der Waals surface area contributed by atoms with E-state index in [1.54, 1.807) is 6.07 Å². The summed E-state index contributed by atoms with van der Waals surface area (Å²) in [6, 6.07) is 7.35. The Morgan fingerprint density at radius 1 is 1.23 bits per heavy atom. The van der Waals surface area contributed by atoms with E-state index in [1.807, 2.05) is 18.2 Å². The van der Waals surface area contributed by atoms with Gasteiger partial charge in [0.1, 0.15) is 5.75 Å². The van der Waals surface area contributed by atoms with Gasteiger partial charge in [-0.3, -0.25) is 0 Å². The van der Waals surface area contributed by atoms with E-state index in [1.165, 1.54) is 0 Å². The van der Waals surface area contributed by atoms with Crippen molar-refractivity contribution in [1.82, 2.24) is 0 Å². The zero-order chi connectivity index (χ0) is 9.31. The first-order chi connectivity index (χ1) is 6.26. The molecule has 2 nitrogen and oxygen atoms in total. The van der Waals surface area contributed by atoms with Gasteiger partial charge in [0.2, 0.25) is 0 Å². The topological polar surface area (TPSA) is 40.5 Å². The summed E-state index contributed by atoms with van der Waals surface area (Å²) in [6.07, 6.45) is 2.96. The Hall–Kier alpha value is -1.02. The first-order valence-electron chi connectivity index (χ1n) is 4.63. The third-order valence-electron chi connectivity index (χ3n) is 2.85. The molecule has 13 heavy (non-hydrogen) atoms. The van der Waals surface area contributed by atoms with Gasteiger partial charge in [-0.25, -0.2) is 0 Å². The highest BCUT2D eigenvalue weighted by Gasteiger charge is 2.42. The van der Waals surface area contributed by atoms with Crippen LogP contribution in [0.3, 0.4) is 0 Å². The largest absolute Gasteiger partial charge is 0.508 e. The lowest BCUT2D eigenvalue weighted by Crippen LogP contribution is -2.09. The van der Waals surface area contributed by atoms with Crippen molar-refractivity contribution in [3.05, 3.63) is 29.8 Å². The van der Waals surface area contributed by atoms with Crippen molar-refractivity contribution in [2.24, 2.45) is 5.41 Å². The Bertz CT molecular complexity index is 303. The van der Waals surface area contributed by atoms with Crippen molar-refractivity contribution >= 4 is 0 Å². The first kappa shape index (κ1) is 8.57. The second-order valence-electron chi connectivity index (χ2n) is 3.96. The predicted molar refractivity (Wildman–Crippen MR) is 50.6 cm³/mol. The molecule has 0 spiro atoms. The molecule has 1 saturated carbocycles. The summed E-state index contributed by atoms with van der Waals surface area (Å²) >= 11 is 0. The van der Waals surface area contributed by atoms with Gasteiger partial charge in [0.05, 0.1) is 0 Å². The molecule has 0 aliphatic heterocycles. The monoisotopic (exact) mass is 178 g/mol. The molecule has 0 radical (unpaired) electrons. The number of aliphatic hydroxyl groups is 1. The Balaban J connectivity index is 2.14. The fraction of sp³-hybridized carbons (Fsp3) is 0.455. The van der Waals surface area contributed by atoms with Crippen LogP contribution in [-0.2, 0) is 6.42 Å². The van der Waals surface area contributed by atoms with Crippen LogP contribution in [0.25, 0.3) is 0 Å². The summed E-state index contributed by atoms with van der Waals surface area (Å²) in [6.45, 7) is 0.237. The van der Waals surface area contributed by atoms with E-state index in [0.717, 1.165) is 24.8 Å². The molecule has 1 fully saturated rings. The van der Waals surface area contributed by atoms with Crippen LogP contribution >= 0.6 is 0 Å². The van der Waals surface area contributed by atoms with Gasteiger partial charge in [-0.2, -0.15) is 0 Å². The average molecular weight is 178 g/mol. The minimum Gasteiger partial charge on any atom is -0.508 e. The number of para-hydroxylation sites is 1. The molecular formula is C11H14O2. The summed E-state index contributed by atoms with van der Waals surface area (Å²) in [7, 11) is 0. The first-order valence-corrected chi connectivity index (χ1v) is 4.63. The van der Waals surface area contributed by atoms with Crippen LogP contribution in [0.5, 0.6) is 5.75 Å². The summed E-state index contributed by atoms with van der Waals surface area (Å²) in [4.78, 5) is 0. The lowest BCUT2D eigenvalue weighted by molar-refractivity contribution is 0.210. The number of aliphatic hydroxyl groups excluding tert-OH is 1. The molecule has 0 aromatic heterocycles. The summed E-state index contributed by atoms with van der Waals surface area (Å²) in [5.74, 6) is 0.349. The predicted octanol–water partition coefficient (Wildman–Crippen LogP) is 1.71. The zero-order valence-electron chi connectivity index (χ0n) is 7.53. The molecule has 1 aliphatic rings. The van der Waals surface area contributed by atoms with Crippen molar-refractivity contribution in [3.8, 4) is 5.75 Å². The maximum atomic E-state index is 9.52. The fourth-order valence-corrected chi connectivity index (χ4v) is 1.63. The number of rotatable bonds is 3. The van der Waals surface area contributed by atoms with Crippen molar-refractivity contribution < 1.29 is 10.2 Å². The molecule has 2 N–H and O–H groups in total. The Morgan fingerprint density at radius 2 is 1.92 bits per heavy atom. The van der Waals surface area contributed by atoms with Gasteiger partial charge in [0.25, 0.3) is 0 Å². The van der Waals surface area contributed by atoms with Crippen LogP contribution in [0.4, 0.5) is 0 Å². The quantitative estimate of drug-likeness (QED) is 0.739. The molecule has 1 aliphatic carbocycles. The van der Waals surface area contributed by atoms with E-state index >= 15 is 0 Å². The van der Waals surface area contributed by atoms with Crippen LogP contribution in [0.15, 0.2) is 24.3 Å². The lowest BCUT2D eigenvalue weighted by atomic mass is 9.97. The Kier molecular flexibility index (Phi) is 2.00.